The summed E-state index contributed by atoms with van der Waals surface area (Å²) in [5, 5.41) is 0. The van der Waals surface area contributed by atoms with E-state index in [1.807, 2.05) is 0 Å². The molecule has 20 heavy (non-hydrogen) atoms. The van der Waals surface area contributed by atoms with Crippen LogP contribution in [0.2, 0.25) is 0 Å². The van der Waals surface area contributed by atoms with Crippen LogP contribution in [0.3, 0.4) is 0 Å². The molecule has 0 unspecified atom stereocenters. The third-order valence-electron chi connectivity index (χ3n) is 3.77. The van der Waals surface area contributed by atoms with Gasteiger partial charge >= 0.3 is 0 Å². The average Bonchev–Trinajstić information content (AvgIpc) is 2.45. The van der Waals surface area contributed by atoms with E-state index in [9.17, 15) is 0 Å². The van der Waals surface area contributed by atoms with Crippen molar-refractivity contribution in [3.8, 4) is 11.1 Å². The van der Waals surface area contributed by atoms with Crippen LogP contribution in [0.5, 0.6) is 0 Å². The smallest absolute Gasteiger partial charge is 0.172 e. The number of hydrogen-bond donors (Lipinski definition) is 0. The summed E-state index contributed by atoms with van der Waals surface area (Å²) < 4.78 is 4.23. The highest BCUT2D eigenvalue weighted by Crippen LogP contribution is 2.23. The van der Waals surface area contributed by atoms with E-state index in [-0.39, 0.29) is 0 Å². The summed E-state index contributed by atoms with van der Waals surface area (Å²) in [6, 6.07) is 6.64. The Morgan fingerprint density at radius 1 is 0.850 bits per heavy atom. The molecule has 2 aromatic rings. The molecule has 0 spiro atoms. The Morgan fingerprint density at radius 2 is 1.55 bits per heavy atom. The zero-order valence-electron chi connectivity index (χ0n) is 13.0. The van der Waals surface area contributed by atoms with Crippen LogP contribution in [0.1, 0.15) is 38.2 Å². The molecule has 0 fully saturated rings. The number of hydrogen-bond acceptors (Lipinski definition) is 0. The Balaban J connectivity index is 2.21. The van der Waals surface area contributed by atoms with E-state index in [1.165, 1.54) is 48.8 Å². The van der Waals surface area contributed by atoms with Gasteiger partial charge in [0.15, 0.2) is 24.8 Å². The maximum absolute atomic E-state index is 2.27. The number of rotatable bonds is 6. The summed E-state index contributed by atoms with van der Waals surface area (Å²) in [5.74, 6) is 0. The Morgan fingerprint density at radius 3 is 2.25 bits per heavy atom. The lowest BCUT2D eigenvalue weighted by Crippen LogP contribution is -2.28. The molecule has 0 amide bonds. The molecule has 0 saturated carbocycles. The molecule has 0 aromatic carbocycles. The summed E-state index contributed by atoms with van der Waals surface area (Å²) in [6.07, 6.45) is 15.1. The van der Waals surface area contributed by atoms with E-state index in [4.69, 9.17) is 0 Å². The molecule has 2 heterocycles. The van der Waals surface area contributed by atoms with Gasteiger partial charge in [-0.05, 0) is 24.0 Å². The molecule has 2 heteroatoms. The highest BCUT2D eigenvalue weighted by Gasteiger charge is 2.10. The molecule has 0 atom stereocenters. The maximum Gasteiger partial charge on any atom is 0.172 e. The molecule has 2 aromatic heterocycles. The summed E-state index contributed by atoms with van der Waals surface area (Å²) in [7, 11) is 4.16. The fraction of sp³-hybridized carbons (Fsp3) is 0.444. The van der Waals surface area contributed by atoms with Crippen molar-refractivity contribution in [3.05, 3.63) is 48.5 Å². The molecule has 106 valence electrons. The largest absolute Gasteiger partial charge is 0.208 e. The van der Waals surface area contributed by atoms with Crippen LogP contribution in [-0.4, -0.2) is 0 Å². The van der Waals surface area contributed by atoms with Crippen LogP contribution >= 0.6 is 0 Å². The highest BCUT2D eigenvalue weighted by molar-refractivity contribution is 5.65. The van der Waals surface area contributed by atoms with E-state index in [0.29, 0.717) is 0 Å². The lowest BCUT2D eigenvalue weighted by Gasteiger charge is -2.07. The van der Waals surface area contributed by atoms with E-state index in [1.54, 1.807) is 0 Å². The molecular formula is C18H26N2+2. The zero-order valence-corrected chi connectivity index (χ0v) is 13.0. The normalized spacial score (nSPS) is 10.8. The fourth-order valence-electron chi connectivity index (χ4n) is 2.56. The second-order valence-electron chi connectivity index (χ2n) is 5.61. The minimum absolute atomic E-state index is 1.17. The molecule has 2 nitrogen and oxygen atoms in total. The minimum Gasteiger partial charge on any atom is -0.208 e. The van der Waals surface area contributed by atoms with Crippen molar-refractivity contribution in [2.24, 2.45) is 14.1 Å². The van der Waals surface area contributed by atoms with Crippen LogP contribution in [0.15, 0.2) is 43.0 Å². The Bertz CT molecular complexity index is 544. The molecular weight excluding hydrogens is 244 g/mol. The Labute approximate surface area is 122 Å². The van der Waals surface area contributed by atoms with Gasteiger partial charge in [0.2, 0.25) is 0 Å². The van der Waals surface area contributed by atoms with Gasteiger partial charge in [0.05, 0.1) is 0 Å². The first kappa shape index (κ1) is 14.7. The standard InChI is InChI=1S/C18H26N2/c1-4-5-6-7-8-17-15-20(3)14-11-18(17)16-9-12-19(2)13-10-16/h9-15H,4-8H2,1-3H3/q+2. The quantitative estimate of drug-likeness (QED) is 0.563. The topological polar surface area (TPSA) is 7.76 Å². The zero-order chi connectivity index (χ0) is 14.4. The first-order chi connectivity index (χ1) is 9.70. The third kappa shape index (κ3) is 3.89. The summed E-state index contributed by atoms with van der Waals surface area (Å²) in [5.41, 5.74) is 4.15. The highest BCUT2D eigenvalue weighted by atomic mass is 14.9. The molecule has 0 aliphatic rings. The predicted molar refractivity (Wildman–Crippen MR) is 82.1 cm³/mol. The third-order valence-corrected chi connectivity index (χ3v) is 3.77. The van der Waals surface area contributed by atoms with Crippen LogP contribution in [0.4, 0.5) is 0 Å². The van der Waals surface area contributed by atoms with Crippen LogP contribution in [-0.2, 0) is 20.5 Å². The number of unbranched alkanes of at least 4 members (excludes halogenated alkanes) is 3. The van der Waals surface area contributed by atoms with Gasteiger partial charge in [-0.3, -0.25) is 0 Å². The molecule has 0 bridgehead atoms. The van der Waals surface area contributed by atoms with Gasteiger partial charge in [0.1, 0.15) is 14.1 Å². The Hall–Kier alpha value is -1.70. The fourth-order valence-corrected chi connectivity index (χ4v) is 2.56. The van der Waals surface area contributed by atoms with Crippen molar-refractivity contribution in [2.45, 2.75) is 39.0 Å². The molecule has 0 N–H and O–H groups in total. The number of nitrogens with zero attached hydrogens (tertiary/aromatic N) is 2. The number of aryl methyl sites for hydroxylation is 3. The lowest BCUT2D eigenvalue weighted by atomic mass is 9.98. The molecule has 2 rings (SSSR count). The van der Waals surface area contributed by atoms with E-state index in [2.05, 4.69) is 73.1 Å². The van der Waals surface area contributed by atoms with Crippen molar-refractivity contribution < 1.29 is 9.13 Å². The van der Waals surface area contributed by atoms with Gasteiger partial charge < -0.3 is 0 Å². The number of aromatic nitrogens is 2. The van der Waals surface area contributed by atoms with Crippen molar-refractivity contribution >= 4 is 0 Å². The van der Waals surface area contributed by atoms with Crippen LogP contribution in [0.25, 0.3) is 11.1 Å². The second kappa shape index (κ2) is 7.18. The average molecular weight is 270 g/mol. The van der Waals surface area contributed by atoms with Crippen LogP contribution in [0, 0.1) is 0 Å². The van der Waals surface area contributed by atoms with E-state index < -0.39 is 0 Å². The van der Waals surface area contributed by atoms with Gasteiger partial charge in [-0.15, -0.1) is 0 Å². The first-order valence-electron chi connectivity index (χ1n) is 7.64. The van der Waals surface area contributed by atoms with Crippen LogP contribution < -0.4 is 9.13 Å². The summed E-state index contributed by atoms with van der Waals surface area (Å²) >= 11 is 0. The van der Waals surface area contributed by atoms with Gasteiger partial charge in [-0.25, -0.2) is 9.13 Å². The summed E-state index contributed by atoms with van der Waals surface area (Å²) in [6.45, 7) is 2.26. The monoisotopic (exact) mass is 270 g/mol. The van der Waals surface area contributed by atoms with Gasteiger partial charge in [-0.1, -0.05) is 26.2 Å². The van der Waals surface area contributed by atoms with Crippen molar-refractivity contribution in [3.63, 3.8) is 0 Å². The van der Waals surface area contributed by atoms with Gasteiger partial charge in [-0.2, -0.15) is 0 Å². The predicted octanol–water partition coefficient (Wildman–Crippen LogP) is 3.13. The van der Waals surface area contributed by atoms with Crippen molar-refractivity contribution in [2.75, 3.05) is 0 Å². The van der Waals surface area contributed by atoms with Crippen molar-refractivity contribution in [1.29, 1.82) is 0 Å². The number of pyridine rings is 2. The van der Waals surface area contributed by atoms with Crippen molar-refractivity contribution in [1.82, 2.24) is 0 Å². The van der Waals surface area contributed by atoms with E-state index >= 15 is 0 Å². The van der Waals surface area contributed by atoms with Gasteiger partial charge in [0, 0.05) is 23.8 Å². The van der Waals surface area contributed by atoms with Gasteiger partial charge in [0.25, 0.3) is 0 Å². The minimum atomic E-state index is 1.17. The SMILES string of the molecule is CCCCCCc1c[n+](C)ccc1-c1cc[n+](C)cc1. The lowest BCUT2D eigenvalue weighted by molar-refractivity contribution is -0.672. The second-order valence-corrected chi connectivity index (χ2v) is 5.61. The maximum atomic E-state index is 2.27. The molecule has 0 aliphatic heterocycles. The molecule has 0 radical (unpaired) electrons. The Kier molecular flexibility index (Phi) is 5.28. The molecule has 0 aliphatic carbocycles. The van der Waals surface area contributed by atoms with E-state index in [0.717, 1.165) is 0 Å². The molecule has 0 saturated heterocycles. The first-order valence-corrected chi connectivity index (χ1v) is 7.64. The summed E-state index contributed by atoms with van der Waals surface area (Å²) in [4.78, 5) is 0.